The van der Waals surface area contributed by atoms with Gasteiger partial charge < -0.3 is 9.30 Å². The number of alkyl halides is 3. The van der Waals surface area contributed by atoms with Gasteiger partial charge in [-0.2, -0.15) is 13.2 Å². The number of hydrogen-bond donors (Lipinski definition) is 0. The fraction of sp³-hybridized carbons (Fsp3) is 0.357. The van der Waals surface area contributed by atoms with Crippen molar-refractivity contribution in [2.75, 3.05) is 12.9 Å². The molecule has 0 amide bonds. The fourth-order valence-electron chi connectivity index (χ4n) is 2.19. The zero-order valence-electron chi connectivity index (χ0n) is 12.5. The Balaban J connectivity index is 2.85. The first kappa shape index (κ1) is 17.5. The van der Waals surface area contributed by atoms with Crippen molar-refractivity contribution in [3.63, 3.8) is 0 Å². The number of halogens is 3. The van der Waals surface area contributed by atoms with E-state index in [2.05, 4.69) is 4.98 Å². The van der Waals surface area contributed by atoms with Gasteiger partial charge in [0.15, 0.2) is 9.84 Å². The number of methoxy groups -OCH3 is 1. The number of nitrogens with zero attached hydrogens (tertiary/aromatic N) is 2. The van der Waals surface area contributed by atoms with Gasteiger partial charge >= 0.3 is 6.18 Å². The molecule has 0 saturated carbocycles. The zero-order valence-corrected chi connectivity index (χ0v) is 13.3. The molecule has 0 atom stereocenters. The van der Waals surface area contributed by atoms with Crippen LogP contribution in [0.3, 0.4) is 0 Å². The summed E-state index contributed by atoms with van der Waals surface area (Å²) in [6.45, 7) is 1.33. The van der Waals surface area contributed by atoms with E-state index in [1.807, 2.05) is 0 Å². The van der Waals surface area contributed by atoms with Crippen molar-refractivity contribution in [3.05, 3.63) is 36.2 Å². The molecule has 0 aliphatic carbocycles. The van der Waals surface area contributed by atoms with Crippen LogP contribution in [-0.4, -0.2) is 30.8 Å². The van der Waals surface area contributed by atoms with E-state index in [0.717, 1.165) is 18.2 Å². The van der Waals surface area contributed by atoms with Crippen LogP contribution in [0.4, 0.5) is 13.2 Å². The summed E-state index contributed by atoms with van der Waals surface area (Å²) >= 11 is 0. The summed E-state index contributed by atoms with van der Waals surface area (Å²) in [5, 5.41) is 0. The number of imidazole rings is 1. The number of sulfone groups is 1. The van der Waals surface area contributed by atoms with Crippen LogP contribution in [0, 0.1) is 0 Å². The second-order valence-electron chi connectivity index (χ2n) is 4.72. The summed E-state index contributed by atoms with van der Waals surface area (Å²) < 4.78 is 70.8. The van der Waals surface area contributed by atoms with Gasteiger partial charge in [0.1, 0.15) is 12.6 Å². The molecule has 0 fully saturated rings. The van der Waals surface area contributed by atoms with E-state index < -0.39 is 32.0 Å². The Morgan fingerprint density at radius 2 is 2.00 bits per heavy atom. The molecule has 2 aromatic rings. The van der Waals surface area contributed by atoms with Crippen molar-refractivity contribution in [3.8, 4) is 11.4 Å². The van der Waals surface area contributed by atoms with E-state index in [0.29, 0.717) is 0 Å². The highest BCUT2D eigenvalue weighted by molar-refractivity contribution is 7.91. The average Bonchev–Trinajstić information content (AvgIpc) is 2.94. The van der Waals surface area contributed by atoms with E-state index >= 15 is 0 Å². The van der Waals surface area contributed by atoms with Gasteiger partial charge in [0, 0.05) is 25.1 Å². The minimum absolute atomic E-state index is 0.0485. The van der Waals surface area contributed by atoms with E-state index in [-0.39, 0.29) is 18.3 Å². The third kappa shape index (κ3) is 3.40. The van der Waals surface area contributed by atoms with E-state index in [1.165, 1.54) is 31.0 Å². The Labute approximate surface area is 131 Å². The molecule has 0 bridgehead atoms. The first-order valence-corrected chi connectivity index (χ1v) is 8.31. The Kier molecular flexibility index (Phi) is 4.81. The van der Waals surface area contributed by atoms with Crippen LogP contribution in [0.1, 0.15) is 12.5 Å². The fourth-order valence-corrected chi connectivity index (χ4v) is 3.30. The minimum Gasteiger partial charge on any atom is -0.364 e. The Morgan fingerprint density at radius 1 is 1.30 bits per heavy atom. The Bertz CT molecular complexity index is 798. The quantitative estimate of drug-likeness (QED) is 0.833. The van der Waals surface area contributed by atoms with E-state index in [4.69, 9.17) is 4.74 Å². The van der Waals surface area contributed by atoms with Gasteiger partial charge in [0.25, 0.3) is 0 Å². The lowest BCUT2D eigenvalue weighted by Gasteiger charge is -2.17. The third-order valence-electron chi connectivity index (χ3n) is 3.25. The minimum atomic E-state index is -4.71. The van der Waals surface area contributed by atoms with Gasteiger partial charge in [-0.25, -0.2) is 13.4 Å². The third-order valence-corrected chi connectivity index (χ3v) is 5.02. The van der Waals surface area contributed by atoms with Crippen molar-refractivity contribution >= 4 is 9.84 Å². The van der Waals surface area contributed by atoms with Gasteiger partial charge in [-0.1, -0.05) is 13.0 Å². The van der Waals surface area contributed by atoms with Crippen LogP contribution in [0.25, 0.3) is 11.4 Å². The Hall–Kier alpha value is -1.87. The van der Waals surface area contributed by atoms with Crippen LogP contribution >= 0.6 is 0 Å². The van der Waals surface area contributed by atoms with Crippen molar-refractivity contribution in [2.24, 2.45) is 0 Å². The molecular weight excluding hydrogens is 333 g/mol. The first-order valence-electron chi connectivity index (χ1n) is 6.65. The molecular formula is C14H15F3N2O3S. The molecule has 9 heteroatoms. The molecule has 0 radical (unpaired) electrons. The summed E-state index contributed by atoms with van der Waals surface area (Å²) in [6.07, 6.45) is -1.99. The first-order chi connectivity index (χ1) is 10.7. The predicted molar refractivity (Wildman–Crippen MR) is 77.4 cm³/mol. The summed E-state index contributed by atoms with van der Waals surface area (Å²) in [4.78, 5) is 3.52. The molecule has 1 heterocycles. The van der Waals surface area contributed by atoms with Crippen molar-refractivity contribution < 1.29 is 26.3 Å². The van der Waals surface area contributed by atoms with E-state index in [9.17, 15) is 21.6 Å². The molecule has 2 rings (SSSR count). The van der Waals surface area contributed by atoms with Crippen LogP contribution in [0.2, 0.25) is 0 Å². The number of aromatic nitrogens is 2. The molecule has 0 N–H and O–H groups in total. The maximum absolute atomic E-state index is 13.4. The summed E-state index contributed by atoms with van der Waals surface area (Å²) in [5.41, 5.74) is -1.50. The van der Waals surface area contributed by atoms with Gasteiger partial charge in [-0.05, 0) is 12.1 Å². The lowest BCUT2D eigenvalue weighted by Crippen LogP contribution is -2.15. The van der Waals surface area contributed by atoms with Crippen molar-refractivity contribution in [1.82, 2.24) is 9.55 Å². The lowest BCUT2D eigenvalue weighted by molar-refractivity contribution is -0.137. The molecule has 0 aliphatic heterocycles. The number of benzene rings is 1. The second kappa shape index (κ2) is 6.32. The molecule has 5 nitrogen and oxygen atoms in total. The largest absolute Gasteiger partial charge is 0.417 e. The van der Waals surface area contributed by atoms with Gasteiger partial charge in [0.2, 0.25) is 0 Å². The molecule has 0 saturated heterocycles. The lowest BCUT2D eigenvalue weighted by atomic mass is 10.1. The SMILES string of the molecule is CCS(=O)(=O)c1cccc(C(F)(F)F)c1-c1nccn1COC. The van der Waals surface area contributed by atoms with Crippen molar-refractivity contribution in [1.29, 1.82) is 0 Å². The zero-order chi connectivity index (χ0) is 17.3. The van der Waals surface area contributed by atoms with Gasteiger partial charge in [-0.3, -0.25) is 0 Å². The second-order valence-corrected chi connectivity index (χ2v) is 6.96. The molecule has 0 spiro atoms. The van der Waals surface area contributed by atoms with Gasteiger partial charge in [0.05, 0.1) is 16.2 Å². The van der Waals surface area contributed by atoms with Crippen LogP contribution < -0.4 is 0 Å². The Morgan fingerprint density at radius 3 is 2.57 bits per heavy atom. The topological polar surface area (TPSA) is 61.2 Å². The maximum atomic E-state index is 13.4. The standard InChI is InChI=1S/C14H15F3N2O3S/c1-3-23(20,21)11-6-4-5-10(14(15,16)17)12(11)13-18-7-8-19(13)9-22-2/h4-8H,3,9H2,1-2H3. The molecule has 1 aromatic heterocycles. The summed E-state index contributed by atoms with van der Waals surface area (Å²) in [7, 11) is -2.49. The van der Waals surface area contributed by atoms with Gasteiger partial charge in [-0.15, -0.1) is 0 Å². The normalized spacial score (nSPS) is 12.6. The molecule has 23 heavy (non-hydrogen) atoms. The highest BCUT2D eigenvalue weighted by Gasteiger charge is 2.37. The number of rotatable bonds is 5. The number of hydrogen-bond acceptors (Lipinski definition) is 4. The molecule has 0 aliphatic rings. The smallest absolute Gasteiger partial charge is 0.364 e. The predicted octanol–water partition coefficient (Wildman–Crippen LogP) is 2.97. The van der Waals surface area contributed by atoms with E-state index in [1.54, 1.807) is 0 Å². The average molecular weight is 348 g/mol. The molecule has 1 aromatic carbocycles. The van der Waals surface area contributed by atoms with Crippen LogP contribution in [0.5, 0.6) is 0 Å². The maximum Gasteiger partial charge on any atom is 0.417 e. The molecule has 126 valence electrons. The monoisotopic (exact) mass is 348 g/mol. The molecule has 0 unspecified atom stereocenters. The number of ether oxygens (including phenoxy) is 1. The van der Waals surface area contributed by atoms with Crippen molar-refractivity contribution in [2.45, 2.75) is 24.7 Å². The van der Waals surface area contributed by atoms with Crippen LogP contribution in [-0.2, 0) is 27.5 Å². The highest BCUT2D eigenvalue weighted by atomic mass is 32.2. The summed E-state index contributed by atoms with van der Waals surface area (Å²) in [6, 6.07) is 3.09. The van der Waals surface area contributed by atoms with Crippen LogP contribution in [0.15, 0.2) is 35.5 Å². The summed E-state index contributed by atoms with van der Waals surface area (Å²) in [5.74, 6) is -0.418. The highest BCUT2D eigenvalue weighted by Crippen LogP contribution is 2.40.